The van der Waals surface area contributed by atoms with Gasteiger partial charge in [0.2, 0.25) is 0 Å². The van der Waals surface area contributed by atoms with E-state index < -0.39 is 6.10 Å². The Morgan fingerprint density at radius 3 is 0.899 bits per heavy atom. The first-order valence-electron chi connectivity index (χ1n) is 30.1. The van der Waals surface area contributed by atoms with Crippen molar-refractivity contribution in [2.24, 2.45) is 0 Å². The lowest BCUT2D eigenvalue weighted by Crippen LogP contribution is -2.30. The standard InChI is InChI=1S/C63H114O6/c1-4-7-10-13-16-19-22-25-27-28-29-30-31-32-33-34-36-38-41-44-47-50-53-56-62(65)68-59-60(58-67-61(64)55-52-49-46-43-40-37-24-21-18-15-12-9-6-3)69-63(66)57-54-51-48-45-42-39-35-26-23-20-17-14-11-8-5-2/h8,11,17,20,26,28-29,35,60H,4-7,9-10,12-16,18-19,21-25,27,30-34,36-59H2,1-3H3/b11-8-,20-17-,29-28-,35-26-. The van der Waals surface area contributed by atoms with Crippen LogP contribution in [0.25, 0.3) is 0 Å². The molecular formula is C63H114O6. The summed E-state index contributed by atoms with van der Waals surface area (Å²) in [5.41, 5.74) is 0. The summed E-state index contributed by atoms with van der Waals surface area (Å²) in [6.45, 7) is 6.55. The van der Waals surface area contributed by atoms with Gasteiger partial charge < -0.3 is 14.2 Å². The topological polar surface area (TPSA) is 78.9 Å². The summed E-state index contributed by atoms with van der Waals surface area (Å²) in [7, 11) is 0. The average molecular weight is 968 g/mol. The van der Waals surface area contributed by atoms with Crippen LogP contribution in [0.1, 0.15) is 316 Å². The van der Waals surface area contributed by atoms with Gasteiger partial charge in [-0.3, -0.25) is 14.4 Å². The molecule has 1 unspecified atom stereocenters. The summed E-state index contributed by atoms with van der Waals surface area (Å²) in [6, 6.07) is 0. The van der Waals surface area contributed by atoms with Crippen molar-refractivity contribution in [1.29, 1.82) is 0 Å². The minimum atomic E-state index is -0.780. The highest BCUT2D eigenvalue weighted by Crippen LogP contribution is 2.17. The highest BCUT2D eigenvalue weighted by atomic mass is 16.6. The zero-order valence-corrected chi connectivity index (χ0v) is 46.1. The Morgan fingerprint density at radius 2 is 0.565 bits per heavy atom. The molecule has 0 bridgehead atoms. The van der Waals surface area contributed by atoms with Crippen molar-refractivity contribution in [1.82, 2.24) is 0 Å². The van der Waals surface area contributed by atoms with Gasteiger partial charge >= 0.3 is 17.9 Å². The van der Waals surface area contributed by atoms with Crippen LogP contribution in [0.3, 0.4) is 0 Å². The number of esters is 3. The quantitative estimate of drug-likeness (QED) is 0.0262. The average Bonchev–Trinajstić information content (AvgIpc) is 3.35. The number of ether oxygens (including phenoxy) is 3. The van der Waals surface area contributed by atoms with Gasteiger partial charge in [-0.2, -0.15) is 0 Å². The lowest BCUT2D eigenvalue weighted by Gasteiger charge is -2.18. The van der Waals surface area contributed by atoms with Crippen LogP contribution in [-0.2, 0) is 28.6 Å². The molecule has 0 radical (unpaired) electrons. The fourth-order valence-corrected chi connectivity index (χ4v) is 8.81. The molecule has 1 atom stereocenters. The van der Waals surface area contributed by atoms with Gasteiger partial charge in [-0.1, -0.05) is 268 Å². The number of hydrogen-bond acceptors (Lipinski definition) is 6. The maximum Gasteiger partial charge on any atom is 0.306 e. The number of carbonyl (C=O) groups is 3. The van der Waals surface area contributed by atoms with E-state index in [4.69, 9.17) is 14.2 Å². The fraction of sp³-hybridized carbons (Fsp3) is 0.825. The van der Waals surface area contributed by atoms with E-state index in [0.29, 0.717) is 19.3 Å². The lowest BCUT2D eigenvalue weighted by molar-refractivity contribution is -0.167. The molecule has 0 aromatic rings. The van der Waals surface area contributed by atoms with Crippen molar-refractivity contribution in [2.45, 2.75) is 322 Å². The molecule has 6 nitrogen and oxygen atoms in total. The minimum Gasteiger partial charge on any atom is -0.462 e. The van der Waals surface area contributed by atoms with Crippen LogP contribution in [0.2, 0.25) is 0 Å². The van der Waals surface area contributed by atoms with Gasteiger partial charge in [0.25, 0.3) is 0 Å². The molecule has 0 heterocycles. The first kappa shape index (κ1) is 66.4. The van der Waals surface area contributed by atoms with Gasteiger partial charge in [0, 0.05) is 19.3 Å². The summed E-state index contributed by atoms with van der Waals surface area (Å²) in [4.78, 5) is 38.2. The van der Waals surface area contributed by atoms with Gasteiger partial charge in [0.1, 0.15) is 13.2 Å². The minimum absolute atomic E-state index is 0.0771. The second-order valence-corrected chi connectivity index (χ2v) is 20.2. The number of unbranched alkanes of at least 4 members (excludes halogenated alkanes) is 36. The number of carbonyl (C=O) groups excluding carboxylic acids is 3. The maximum atomic E-state index is 12.8. The molecule has 0 rings (SSSR count). The molecule has 0 aromatic heterocycles. The van der Waals surface area contributed by atoms with Crippen LogP contribution in [0, 0.1) is 0 Å². The third kappa shape index (κ3) is 56.2. The van der Waals surface area contributed by atoms with Crippen LogP contribution in [0.5, 0.6) is 0 Å². The zero-order chi connectivity index (χ0) is 50.0. The van der Waals surface area contributed by atoms with Crippen molar-refractivity contribution < 1.29 is 28.6 Å². The molecule has 6 heteroatoms. The highest BCUT2D eigenvalue weighted by molar-refractivity contribution is 5.71. The van der Waals surface area contributed by atoms with E-state index in [1.54, 1.807) is 0 Å². The third-order valence-electron chi connectivity index (χ3n) is 13.3. The Labute approximate surface area is 428 Å². The number of rotatable bonds is 55. The van der Waals surface area contributed by atoms with E-state index >= 15 is 0 Å². The number of hydrogen-bond donors (Lipinski definition) is 0. The van der Waals surface area contributed by atoms with E-state index in [0.717, 1.165) is 96.3 Å². The second-order valence-electron chi connectivity index (χ2n) is 20.2. The molecule has 0 aliphatic heterocycles. The van der Waals surface area contributed by atoms with Crippen LogP contribution >= 0.6 is 0 Å². The Bertz CT molecular complexity index is 1200. The normalized spacial score (nSPS) is 12.3. The SMILES string of the molecule is CC/C=C\C/C=C\C/C=C\CCCCCCCC(=O)OC(COC(=O)CCCCCCCCCCCCC/C=C\CCCCCCCCCC)COC(=O)CCCCCCCCCCCCCCC. The third-order valence-corrected chi connectivity index (χ3v) is 13.3. The number of allylic oxidation sites excluding steroid dienone is 8. The molecular weight excluding hydrogens is 853 g/mol. The predicted octanol–water partition coefficient (Wildman–Crippen LogP) is 20.2. The Hall–Kier alpha value is -2.63. The van der Waals surface area contributed by atoms with Crippen molar-refractivity contribution in [3.8, 4) is 0 Å². The van der Waals surface area contributed by atoms with E-state index in [1.165, 1.54) is 180 Å². The van der Waals surface area contributed by atoms with Crippen molar-refractivity contribution in [3.63, 3.8) is 0 Å². The Balaban J connectivity index is 4.28. The predicted molar refractivity (Wildman–Crippen MR) is 298 cm³/mol. The van der Waals surface area contributed by atoms with Crippen LogP contribution in [-0.4, -0.2) is 37.2 Å². The van der Waals surface area contributed by atoms with Crippen molar-refractivity contribution in [2.75, 3.05) is 13.2 Å². The van der Waals surface area contributed by atoms with Crippen molar-refractivity contribution >= 4 is 17.9 Å². The first-order valence-corrected chi connectivity index (χ1v) is 30.1. The van der Waals surface area contributed by atoms with Crippen LogP contribution in [0.15, 0.2) is 48.6 Å². The largest absolute Gasteiger partial charge is 0.462 e. The van der Waals surface area contributed by atoms with E-state index in [9.17, 15) is 14.4 Å². The van der Waals surface area contributed by atoms with Gasteiger partial charge in [-0.05, 0) is 77.0 Å². The summed E-state index contributed by atoms with van der Waals surface area (Å²) >= 11 is 0. The fourth-order valence-electron chi connectivity index (χ4n) is 8.81. The molecule has 0 amide bonds. The summed E-state index contributed by atoms with van der Waals surface area (Å²) in [5.74, 6) is -0.879. The van der Waals surface area contributed by atoms with E-state index in [1.807, 2.05) is 0 Å². The molecule has 0 aliphatic carbocycles. The monoisotopic (exact) mass is 967 g/mol. The summed E-state index contributed by atoms with van der Waals surface area (Å²) in [5, 5.41) is 0. The maximum absolute atomic E-state index is 12.8. The molecule has 0 spiro atoms. The van der Waals surface area contributed by atoms with Gasteiger partial charge in [0.15, 0.2) is 6.10 Å². The highest BCUT2D eigenvalue weighted by Gasteiger charge is 2.19. The molecule has 402 valence electrons. The molecule has 0 saturated carbocycles. The Morgan fingerprint density at radius 1 is 0.304 bits per heavy atom. The zero-order valence-electron chi connectivity index (χ0n) is 46.1. The lowest BCUT2D eigenvalue weighted by atomic mass is 10.0. The summed E-state index contributed by atoms with van der Waals surface area (Å²) in [6.07, 6.45) is 71.1. The van der Waals surface area contributed by atoms with E-state index in [2.05, 4.69) is 69.4 Å². The van der Waals surface area contributed by atoms with Crippen LogP contribution in [0.4, 0.5) is 0 Å². The van der Waals surface area contributed by atoms with Gasteiger partial charge in [-0.15, -0.1) is 0 Å². The molecule has 0 N–H and O–H groups in total. The van der Waals surface area contributed by atoms with Gasteiger partial charge in [0.05, 0.1) is 0 Å². The summed E-state index contributed by atoms with van der Waals surface area (Å²) < 4.78 is 16.9. The molecule has 0 saturated heterocycles. The smallest absolute Gasteiger partial charge is 0.306 e. The van der Waals surface area contributed by atoms with Gasteiger partial charge in [-0.25, -0.2) is 0 Å². The molecule has 69 heavy (non-hydrogen) atoms. The molecule has 0 aromatic carbocycles. The molecule has 0 aliphatic rings. The molecule has 0 fully saturated rings. The second kappa shape index (κ2) is 57.9. The van der Waals surface area contributed by atoms with Crippen LogP contribution < -0.4 is 0 Å². The first-order chi connectivity index (χ1) is 34.0. The van der Waals surface area contributed by atoms with Crippen molar-refractivity contribution in [3.05, 3.63) is 48.6 Å². The Kier molecular flexibility index (Phi) is 55.7. The van der Waals surface area contributed by atoms with E-state index in [-0.39, 0.29) is 31.1 Å².